The van der Waals surface area contributed by atoms with Crippen LogP contribution in [0.25, 0.3) is 0 Å². The van der Waals surface area contributed by atoms with Crippen molar-refractivity contribution >= 4 is 11.7 Å². The second-order valence-corrected chi connectivity index (χ2v) is 6.30. The number of morpholine rings is 1. The Bertz CT molecular complexity index is 478. The predicted molar refractivity (Wildman–Crippen MR) is 74.9 cm³/mol. The highest BCUT2D eigenvalue weighted by atomic mass is 16.5. The standard InChI is InChI=1S/C15H21NO3/c1-14(2)9-16(10-15(3,4)19-14)12-8-6-5-7-11(12)13(17)18/h5-8H,9-10H2,1-4H3,(H,17,18). The number of nitrogens with zero attached hydrogens (tertiary/aromatic N) is 1. The maximum atomic E-state index is 11.3. The minimum absolute atomic E-state index is 0.298. The largest absolute Gasteiger partial charge is 0.478 e. The van der Waals surface area contributed by atoms with Crippen LogP contribution in [-0.4, -0.2) is 35.4 Å². The van der Waals surface area contributed by atoms with Gasteiger partial charge in [0.25, 0.3) is 0 Å². The fraction of sp³-hybridized carbons (Fsp3) is 0.533. The lowest BCUT2D eigenvalue weighted by molar-refractivity contribution is -0.133. The van der Waals surface area contributed by atoms with E-state index in [9.17, 15) is 9.90 Å². The van der Waals surface area contributed by atoms with Crippen molar-refractivity contribution in [1.82, 2.24) is 0 Å². The molecule has 19 heavy (non-hydrogen) atoms. The van der Waals surface area contributed by atoms with Gasteiger partial charge in [0.05, 0.1) is 22.5 Å². The van der Waals surface area contributed by atoms with Crippen LogP contribution in [0.1, 0.15) is 38.1 Å². The van der Waals surface area contributed by atoms with Crippen LogP contribution in [0.3, 0.4) is 0 Å². The minimum Gasteiger partial charge on any atom is -0.478 e. The molecule has 0 bridgehead atoms. The molecule has 0 aliphatic carbocycles. The maximum Gasteiger partial charge on any atom is 0.337 e. The molecule has 2 rings (SSSR count). The van der Waals surface area contributed by atoms with E-state index in [1.54, 1.807) is 12.1 Å². The summed E-state index contributed by atoms with van der Waals surface area (Å²) in [4.78, 5) is 13.4. The number of benzene rings is 1. The number of para-hydroxylation sites is 1. The van der Waals surface area contributed by atoms with Gasteiger partial charge in [-0.25, -0.2) is 4.79 Å². The third kappa shape index (κ3) is 3.07. The highest BCUT2D eigenvalue weighted by Crippen LogP contribution is 2.32. The number of carboxylic acid groups (broad SMARTS) is 1. The molecule has 0 aromatic heterocycles. The molecule has 104 valence electrons. The Kier molecular flexibility index (Phi) is 3.31. The minimum atomic E-state index is -0.891. The van der Waals surface area contributed by atoms with E-state index in [4.69, 9.17) is 4.74 Å². The van der Waals surface area contributed by atoms with Gasteiger partial charge in [-0.15, -0.1) is 0 Å². The molecule has 4 nitrogen and oxygen atoms in total. The van der Waals surface area contributed by atoms with Gasteiger partial charge in [0.2, 0.25) is 0 Å². The number of hydrogen-bond donors (Lipinski definition) is 1. The third-order valence-electron chi connectivity index (χ3n) is 3.17. The fourth-order valence-corrected chi connectivity index (χ4v) is 2.89. The summed E-state index contributed by atoms with van der Waals surface area (Å²) >= 11 is 0. The molecule has 0 saturated carbocycles. The van der Waals surface area contributed by atoms with Crippen LogP contribution < -0.4 is 4.90 Å². The quantitative estimate of drug-likeness (QED) is 0.891. The van der Waals surface area contributed by atoms with Crippen LogP contribution in [-0.2, 0) is 4.74 Å². The molecule has 1 saturated heterocycles. The topological polar surface area (TPSA) is 49.8 Å². The fourth-order valence-electron chi connectivity index (χ4n) is 2.89. The van der Waals surface area contributed by atoms with Crippen molar-refractivity contribution in [2.45, 2.75) is 38.9 Å². The van der Waals surface area contributed by atoms with Gasteiger partial charge in [0.1, 0.15) is 0 Å². The van der Waals surface area contributed by atoms with Crippen molar-refractivity contribution in [1.29, 1.82) is 0 Å². The highest BCUT2D eigenvalue weighted by molar-refractivity contribution is 5.94. The Morgan fingerprint density at radius 1 is 1.16 bits per heavy atom. The average molecular weight is 263 g/mol. The van der Waals surface area contributed by atoms with E-state index in [0.717, 1.165) is 5.69 Å². The molecule has 4 heteroatoms. The molecule has 1 aromatic rings. The zero-order valence-corrected chi connectivity index (χ0v) is 11.9. The average Bonchev–Trinajstić information content (AvgIpc) is 2.24. The number of carboxylic acids is 1. The Morgan fingerprint density at radius 2 is 1.68 bits per heavy atom. The molecule has 1 aliphatic heterocycles. The molecule has 0 radical (unpaired) electrons. The van der Waals surface area contributed by atoms with Gasteiger partial charge in [-0.3, -0.25) is 0 Å². The van der Waals surface area contributed by atoms with Crippen LogP contribution >= 0.6 is 0 Å². The maximum absolute atomic E-state index is 11.3. The van der Waals surface area contributed by atoms with Gasteiger partial charge in [-0.1, -0.05) is 12.1 Å². The van der Waals surface area contributed by atoms with Crippen LogP contribution in [0.2, 0.25) is 0 Å². The van der Waals surface area contributed by atoms with Gasteiger partial charge in [-0.05, 0) is 39.8 Å². The van der Waals surface area contributed by atoms with Crippen molar-refractivity contribution in [3.8, 4) is 0 Å². The molecular formula is C15H21NO3. The van der Waals surface area contributed by atoms with E-state index in [0.29, 0.717) is 18.7 Å². The summed E-state index contributed by atoms with van der Waals surface area (Å²) in [6.45, 7) is 9.49. The number of hydrogen-bond acceptors (Lipinski definition) is 3. The first-order valence-electron chi connectivity index (χ1n) is 6.48. The number of aromatic carboxylic acids is 1. The highest BCUT2D eigenvalue weighted by Gasteiger charge is 2.38. The first-order chi connectivity index (χ1) is 8.70. The van der Waals surface area contributed by atoms with Gasteiger partial charge < -0.3 is 14.7 Å². The van der Waals surface area contributed by atoms with Crippen molar-refractivity contribution in [3.05, 3.63) is 29.8 Å². The number of anilines is 1. The third-order valence-corrected chi connectivity index (χ3v) is 3.17. The van der Waals surface area contributed by atoms with E-state index in [2.05, 4.69) is 4.90 Å². The summed E-state index contributed by atoms with van der Waals surface area (Å²) in [5.41, 5.74) is 0.510. The predicted octanol–water partition coefficient (Wildman–Crippen LogP) is 2.78. The van der Waals surface area contributed by atoms with Crippen molar-refractivity contribution < 1.29 is 14.6 Å². The van der Waals surface area contributed by atoms with Crippen molar-refractivity contribution in [2.24, 2.45) is 0 Å². The lowest BCUT2D eigenvalue weighted by Gasteiger charge is -2.48. The summed E-state index contributed by atoms with van der Waals surface area (Å²) < 4.78 is 6.02. The van der Waals surface area contributed by atoms with Crippen LogP contribution in [0, 0.1) is 0 Å². The Balaban J connectivity index is 2.39. The van der Waals surface area contributed by atoms with E-state index in [-0.39, 0.29) is 11.2 Å². The molecule has 0 atom stereocenters. The normalized spacial score (nSPS) is 21.2. The molecule has 0 spiro atoms. The molecular weight excluding hydrogens is 242 g/mol. The smallest absolute Gasteiger partial charge is 0.337 e. The molecule has 1 fully saturated rings. The molecule has 1 heterocycles. The lowest BCUT2D eigenvalue weighted by atomic mass is 9.97. The van der Waals surface area contributed by atoms with E-state index in [1.165, 1.54) is 0 Å². The van der Waals surface area contributed by atoms with Gasteiger partial charge in [0.15, 0.2) is 0 Å². The first-order valence-corrected chi connectivity index (χ1v) is 6.48. The van der Waals surface area contributed by atoms with Crippen LogP contribution in [0.15, 0.2) is 24.3 Å². The summed E-state index contributed by atoms with van der Waals surface area (Å²) in [6, 6.07) is 7.13. The molecule has 1 aromatic carbocycles. The van der Waals surface area contributed by atoms with Gasteiger partial charge in [0, 0.05) is 13.1 Å². The monoisotopic (exact) mass is 263 g/mol. The second-order valence-electron chi connectivity index (χ2n) is 6.30. The number of ether oxygens (including phenoxy) is 1. The van der Waals surface area contributed by atoms with E-state index < -0.39 is 5.97 Å². The lowest BCUT2D eigenvalue weighted by Crippen LogP contribution is -2.57. The zero-order chi connectivity index (χ0) is 14.3. The van der Waals surface area contributed by atoms with Gasteiger partial charge in [-0.2, -0.15) is 0 Å². The molecule has 1 N–H and O–H groups in total. The van der Waals surface area contributed by atoms with E-state index in [1.807, 2.05) is 39.8 Å². The summed E-state index contributed by atoms with van der Waals surface area (Å²) in [5.74, 6) is -0.891. The SMILES string of the molecule is CC1(C)CN(c2ccccc2C(=O)O)CC(C)(C)O1. The Hall–Kier alpha value is -1.55. The van der Waals surface area contributed by atoms with E-state index >= 15 is 0 Å². The molecule has 0 unspecified atom stereocenters. The second kappa shape index (κ2) is 4.53. The number of rotatable bonds is 2. The van der Waals surface area contributed by atoms with Crippen molar-refractivity contribution in [2.75, 3.05) is 18.0 Å². The van der Waals surface area contributed by atoms with Gasteiger partial charge >= 0.3 is 5.97 Å². The summed E-state index contributed by atoms with van der Waals surface area (Å²) in [6.07, 6.45) is 0. The van der Waals surface area contributed by atoms with Crippen LogP contribution in [0.4, 0.5) is 5.69 Å². The zero-order valence-electron chi connectivity index (χ0n) is 11.9. The molecule has 1 aliphatic rings. The number of carbonyl (C=O) groups is 1. The Morgan fingerprint density at radius 3 is 2.21 bits per heavy atom. The van der Waals surface area contributed by atoms with Crippen LogP contribution in [0.5, 0.6) is 0 Å². The van der Waals surface area contributed by atoms with Crippen molar-refractivity contribution in [3.63, 3.8) is 0 Å². The molecule has 0 amide bonds. The summed E-state index contributed by atoms with van der Waals surface area (Å²) in [7, 11) is 0. The Labute approximate surface area is 114 Å². The summed E-state index contributed by atoms with van der Waals surface area (Å²) in [5, 5.41) is 9.30. The first kappa shape index (κ1) is 13.9.